The molecule has 0 radical (unpaired) electrons. The molecule has 0 saturated carbocycles. The topological polar surface area (TPSA) is 73.2 Å². The van der Waals surface area contributed by atoms with Crippen LogP contribution in [0.2, 0.25) is 0 Å². The van der Waals surface area contributed by atoms with E-state index >= 15 is 0 Å². The van der Waals surface area contributed by atoms with Crippen molar-refractivity contribution in [3.05, 3.63) is 105 Å². The van der Waals surface area contributed by atoms with Gasteiger partial charge in [0.2, 0.25) is 0 Å². The highest BCUT2D eigenvalue weighted by molar-refractivity contribution is 7.22. The van der Waals surface area contributed by atoms with Crippen molar-refractivity contribution < 1.29 is 9.53 Å². The Balaban J connectivity index is 1.61. The number of pyridine rings is 2. The summed E-state index contributed by atoms with van der Waals surface area (Å²) in [5.41, 5.74) is 3.67. The molecule has 0 atom stereocenters. The van der Waals surface area contributed by atoms with Crippen molar-refractivity contribution in [2.45, 2.75) is 20.1 Å². The Bertz CT molecular complexity index is 1570. The van der Waals surface area contributed by atoms with Gasteiger partial charge in [-0.05, 0) is 41.8 Å². The van der Waals surface area contributed by atoms with Gasteiger partial charge in [-0.1, -0.05) is 42.5 Å². The molecule has 1 amide bonds. The third kappa shape index (κ3) is 3.95. The molecule has 0 bridgehead atoms. The molecule has 1 N–H and O–H groups in total. The van der Waals surface area contributed by atoms with Gasteiger partial charge in [-0.15, -0.1) is 11.3 Å². The molecule has 5 rings (SSSR count). The second-order valence-electron chi connectivity index (χ2n) is 8.10. The molecule has 0 saturated heterocycles. The number of nitrogens with one attached hydrogen (secondary N) is 1. The standard InChI is InChI=1S/C27H23N3O3S/c1-17-7-3-4-8-19(17)15-29-26(31)25-23(33-16-18-11-13-28-14-12-18)22-24(34-25)20-9-5-6-10-21(20)30(2)27(22)32/h3-14H,15-16H2,1-2H3,(H,29,31). The van der Waals surface area contributed by atoms with Crippen molar-refractivity contribution in [1.29, 1.82) is 0 Å². The minimum absolute atomic E-state index is 0.187. The van der Waals surface area contributed by atoms with E-state index in [1.165, 1.54) is 11.3 Å². The van der Waals surface area contributed by atoms with Gasteiger partial charge in [0.1, 0.15) is 16.9 Å². The fraction of sp³-hybridized carbons (Fsp3) is 0.148. The highest BCUT2D eigenvalue weighted by Crippen LogP contribution is 2.40. The lowest BCUT2D eigenvalue weighted by molar-refractivity contribution is 0.0951. The molecule has 34 heavy (non-hydrogen) atoms. The first-order valence-corrected chi connectivity index (χ1v) is 11.7. The first-order valence-electron chi connectivity index (χ1n) is 10.9. The third-order valence-electron chi connectivity index (χ3n) is 5.93. The first kappa shape index (κ1) is 21.9. The number of carbonyl (C=O) groups is 1. The van der Waals surface area contributed by atoms with Gasteiger partial charge in [0.05, 0.1) is 10.2 Å². The van der Waals surface area contributed by atoms with Gasteiger partial charge < -0.3 is 14.6 Å². The lowest BCUT2D eigenvalue weighted by atomic mass is 10.1. The molecule has 0 aliphatic heterocycles. The van der Waals surface area contributed by atoms with Gasteiger partial charge in [0.25, 0.3) is 11.5 Å². The summed E-state index contributed by atoms with van der Waals surface area (Å²) in [6, 6.07) is 19.3. The Morgan fingerprint density at radius 1 is 1.06 bits per heavy atom. The smallest absolute Gasteiger partial charge is 0.265 e. The van der Waals surface area contributed by atoms with Crippen LogP contribution in [0.15, 0.2) is 77.9 Å². The van der Waals surface area contributed by atoms with Crippen molar-refractivity contribution in [3.8, 4) is 5.75 Å². The van der Waals surface area contributed by atoms with Gasteiger partial charge in [-0.2, -0.15) is 0 Å². The molecule has 0 spiro atoms. The minimum Gasteiger partial charge on any atom is -0.486 e. The molecular formula is C27H23N3O3S. The van der Waals surface area contributed by atoms with E-state index < -0.39 is 0 Å². The molecule has 170 valence electrons. The first-order chi connectivity index (χ1) is 16.5. The average Bonchev–Trinajstić information content (AvgIpc) is 3.26. The second kappa shape index (κ2) is 9.11. The molecule has 0 aliphatic rings. The van der Waals surface area contributed by atoms with Crippen LogP contribution in [0.3, 0.4) is 0 Å². The molecule has 7 heteroatoms. The fourth-order valence-corrected chi connectivity index (χ4v) is 5.21. The number of rotatable bonds is 6. The van der Waals surface area contributed by atoms with E-state index in [1.807, 2.05) is 67.6 Å². The number of benzene rings is 2. The van der Waals surface area contributed by atoms with Crippen LogP contribution in [0.1, 0.15) is 26.4 Å². The summed E-state index contributed by atoms with van der Waals surface area (Å²) in [6.07, 6.45) is 3.37. The zero-order chi connectivity index (χ0) is 23.7. The second-order valence-corrected chi connectivity index (χ2v) is 9.12. The largest absolute Gasteiger partial charge is 0.486 e. The van der Waals surface area contributed by atoms with Crippen molar-refractivity contribution in [3.63, 3.8) is 0 Å². The summed E-state index contributed by atoms with van der Waals surface area (Å²) in [4.78, 5) is 31.2. The predicted octanol–water partition coefficient (Wildman–Crippen LogP) is 4.97. The van der Waals surface area contributed by atoms with E-state index in [-0.39, 0.29) is 18.1 Å². The summed E-state index contributed by atoms with van der Waals surface area (Å²) in [6.45, 7) is 2.63. The SMILES string of the molecule is Cc1ccccc1CNC(=O)c1sc2c(c1OCc1ccncc1)c(=O)n(C)c1ccccc21. The predicted molar refractivity (Wildman–Crippen MR) is 135 cm³/mol. The van der Waals surface area contributed by atoms with Crippen LogP contribution in [0.4, 0.5) is 0 Å². The van der Waals surface area contributed by atoms with E-state index in [0.717, 1.165) is 32.3 Å². The van der Waals surface area contributed by atoms with Crippen LogP contribution in [-0.4, -0.2) is 15.5 Å². The van der Waals surface area contributed by atoms with Crippen molar-refractivity contribution in [2.24, 2.45) is 7.05 Å². The van der Waals surface area contributed by atoms with E-state index in [0.29, 0.717) is 22.6 Å². The van der Waals surface area contributed by atoms with Gasteiger partial charge in [-0.25, -0.2) is 0 Å². The number of hydrogen-bond donors (Lipinski definition) is 1. The molecule has 2 aromatic carbocycles. The van der Waals surface area contributed by atoms with E-state index in [9.17, 15) is 9.59 Å². The summed E-state index contributed by atoms with van der Waals surface area (Å²) in [7, 11) is 1.74. The highest BCUT2D eigenvalue weighted by Gasteiger charge is 2.25. The highest BCUT2D eigenvalue weighted by atomic mass is 32.1. The van der Waals surface area contributed by atoms with E-state index in [2.05, 4.69) is 10.3 Å². The van der Waals surface area contributed by atoms with E-state index in [1.54, 1.807) is 24.0 Å². The number of fused-ring (bicyclic) bond motifs is 3. The maximum Gasteiger partial charge on any atom is 0.265 e. The zero-order valence-electron chi connectivity index (χ0n) is 18.9. The number of aromatic nitrogens is 2. The van der Waals surface area contributed by atoms with Crippen LogP contribution in [-0.2, 0) is 20.2 Å². The average molecular weight is 470 g/mol. The Hall–Kier alpha value is -3.97. The number of nitrogens with zero attached hydrogens (tertiary/aromatic N) is 2. The van der Waals surface area contributed by atoms with Crippen LogP contribution in [0.5, 0.6) is 5.75 Å². The van der Waals surface area contributed by atoms with Crippen molar-refractivity contribution in [1.82, 2.24) is 14.9 Å². The number of thiophene rings is 1. The minimum atomic E-state index is -0.264. The summed E-state index contributed by atoms with van der Waals surface area (Å²) >= 11 is 1.30. The molecular weight excluding hydrogens is 446 g/mol. The number of aryl methyl sites for hydroxylation is 2. The number of hydrogen-bond acceptors (Lipinski definition) is 5. The molecule has 0 fully saturated rings. The molecule has 3 heterocycles. The molecule has 3 aromatic heterocycles. The van der Waals surface area contributed by atoms with Gasteiger partial charge in [0.15, 0.2) is 5.75 Å². The molecule has 0 unspecified atom stereocenters. The Morgan fingerprint density at radius 2 is 1.79 bits per heavy atom. The lowest BCUT2D eigenvalue weighted by Crippen LogP contribution is -2.23. The van der Waals surface area contributed by atoms with Gasteiger partial charge in [-0.3, -0.25) is 14.6 Å². The van der Waals surface area contributed by atoms with Gasteiger partial charge in [0, 0.05) is 31.4 Å². The molecule has 0 aliphatic carbocycles. The maximum atomic E-state index is 13.4. The lowest BCUT2D eigenvalue weighted by Gasteiger charge is -2.10. The monoisotopic (exact) mass is 469 g/mol. The Morgan fingerprint density at radius 3 is 2.59 bits per heavy atom. The number of amides is 1. The van der Waals surface area contributed by atoms with Crippen LogP contribution >= 0.6 is 11.3 Å². The van der Waals surface area contributed by atoms with Crippen molar-refractivity contribution >= 4 is 38.2 Å². The van der Waals surface area contributed by atoms with Gasteiger partial charge >= 0.3 is 0 Å². The summed E-state index contributed by atoms with van der Waals surface area (Å²) in [5, 5.41) is 4.36. The van der Waals surface area contributed by atoms with Crippen molar-refractivity contribution in [2.75, 3.05) is 0 Å². The normalized spacial score (nSPS) is 11.1. The molecule has 6 nitrogen and oxygen atoms in total. The van der Waals surface area contributed by atoms with Crippen LogP contribution < -0.4 is 15.6 Å². The summed E-state index contributed by atoms with van der Waals surface area (Å²) < 4.78 is 8.53. The maximum absolute atomic E-state index is 13.4. The Labute approximate surface area is 200 Å². The van der Waals surface area contributed by atoms with Crippen LogP contribution in [0, 0.1) is 6.92 Å². The fourth-order valence-electron chi connectivity index (χ4n) is 4.02. The zero-order valence-corrected chi connectivity index (χ0v) is 19.7. The summed E-state index contributed by atoms with van der Waals surface area (Å²) in [5.74, 6) is 0.0609. The number of ether oxygens (including phenoxy) is 1. The molecule has 5 aromatic rings. The number of carbonyl (C=O) groups excluding carboxylic acids is 1. The Kier molecular flexibility index (Phi) is 5.86. The third-order valence-corrected chi connectivity index (χ3v) is 7.14. The quantitative estimate of drug-likeness (QED) is 0.381. The van der Waals surface area contributed by atoms with E-state index in [4.69, 9.17) is 4.74 Å². The number of para-hydroxylation sites is 1. The van der Waals surface area contributed by atoms with Crippen LogP contribution in [0.25, 0.3) is 21.0 Å².